The van der Waals surface area contributed by atoms with Gasteiger partial charge in [-0.1, -0.05) is 4.21 Å². The van der Waals surface area contributed by atoms with Crippen molar-refractivity contribution in [2.75, 3.05) is 18.7 Å². The summed E-state index contributed by atoms with van der Waals surface area (Å²) in [6.07, 6.45) is 2.29. The molecule has 25 heavy (non-hydrogen) atoms. The number of rotatable bonds is 6. The van der Waals surface area contributed by atoms with E-state index in [-0.39, 0.29) is 12.5 Å². The lowest BCUT2D eigenvalue weighted by molar-refractivity contribution is -0.119. The van der Waals surface area contributed by atoms with E-state index in [2.05, 4.69) is 20.2 Å². The van der Waals surface area contributed by atoms with Gasteiger partial charge in [0.05, 0.1) is 7.11 Å². The fourth-order valence-corrected chi connectivity index (χ4v) is 3.14. The highest BCUT2D eigenvalue weighted by Crippen LogP contribution is 2.28. The largest absolute Gasteiger partial charge is 0.598 e. The summed E-state index contributed by atoms with van der Waals surface area (Å²) in [5.41, 5.74) is 0.656. The molecule has 0 fully saturated rings. The van der Waals surface area contributed by atoms with Gasteiger partial charge in [-0.05, 0) is 30.7 Å². The van der Waals surface area contributed by atoms with Gasteiger partial charge in [0.2, 0.25) is 5.91 Å². The Morgan fingerprint density at radius 2 is 2.12 bits per heavy atom. The molecule has 2 atom stereocenters. The minimum absolute atomic E-state index is 0.00184. The summed E-state index contributed by atoms with van der Waals surface area (Å²) in [7, 11) is -1.78. The number of carbonyl (C=O) groups is 1. The second-order valence-electron chi connectivity index (χ2n) is 5.77. The molecule has 0 bridgehead atoms. The number of fused-ring (bicyclic) bond motifs is 1. The molecule has 9 nitrogen and oxygen atoms in total. The van der Waals surface area contributed by atoms with Crippen molar-refractivity contribution >= 4 is 22.0 Å². The van der Waals surface area contributed by atoms with Gasteiger partial charge in [-0.2, -0.15) is 0 Å². The molecule has 0 saturated carbocycles. The van der Waals surface area contributed by atoms with E-state index in [4.69, 9.17) is 4.74 Å². The first-order valence-electron chi connectivity index (χ1n) is 7.69. The summed E-state index contributed by atoms with van der Waals surface area (Å²) in [5, 5.41) is 10.9. The molecular formula is C15H19N5O4S. The Morgan fingerprint density at radius 3 is 2.76 bits per heavy atom. The number of ether oxygens (including phenoxy) is 1. The second kappa shape index (κ2) is 6.90. The smallest absolute Gasteiger partial charge is 0.247 e. The fourth-order valence-electron chi connectivity index (χ4n) is 2.75. The van der Waals surface area contributed by atoms with E-state index in [9.17, 15) is 13.6 Å². The number of anilines is 1. The van der Waals surface area contributed by atoms with Gasteiger partial charge >= 0.3 is 0 Å². The number of hydrogen-bond acceptors (Lipinski definition) is 6. The second-order valence-corrected chi connectivity index (χ2v) is 7.60. The van der Waals surface area contributed by atoms with Crippen LogP contribution in [0.2, 0.25) is 0 Å². The third-order valence-corrected chi connectivity index (χ3v) is 4.61. The van der Waals surface area contributed by atoms with E-state index in [1.54, 1.807) is 35.9 Å². The number of aryl methyl sites for hydroxylation is 1. The zero-order valence-electron chi connectivity index (χ0n) is 13.9. The van der Waals surface area contributed by atoms with E-state index in [0.717, 1.165) is 6.26 Å². The molecule has 0 saturated heterocycles. The molecule has 134 valence electrons. The van der Waals surface area contributed by atoms with Crippen molar-refractivity contribution in [3.05, 3.63) is 35.9 Å². The Labute approximate surface area is 146 Å². The minimum atomic E-state index is -3.35. The Balaban J connectivity index is 1.73. The molecule has 0 aliphatic carbocycles. The number of carbonyl (C=O) groups excluding carboxylic acids is 1. The Bertz CT molecular complexity index is 814. The quantitative estimate of drug-likeness (QED) is 0.726. The average Bonchev–Trinajstić information content (AvgIpc) is 3.15. The van der Waals surface area contributed by atoms with Crippen LogP contribution in [0, 0.1) is 0 Å². The van der Waals surface area contributed by atoms with E-state index in [0.29, 0.717) is 35.9 Å². The summed E-state index contributed by atoms with van der Waals surface area (Å²) in [6, 6.07) is 6.56. The van der Waals surface area contributed by atoms with Gasteiger partial charge in [-0.25, -0.2) is 0 Å². The Hall–Kier alpha value is -2.30. The molecule has 0 spiro atoms. The number of methoxy groups -OCH3 is 1. The maximum absolute atomic E-state index is 12.6. The molecule has 1 aromatic carbocycles. The molecule has 1 aliphatic heterocycles. The lowest BCUT2D eigenvalue weighted by Gasteiger charge is -2.16. The third kappa shape index (κ3) is 4.03. The Morgan fingerprint density at radius 1 is 1.40 bits per heavy atom. The van der Waals surface area contributed by atoms with E-state index in [1.807, 2.05) is 0 Å². The lowest BCUT2D eigenvalue weighted by atomic mass is 10.2. The summed E-state index contributed by atoms with van der Waals surface area (Å²) in [5.74, 6) is 1.62. The fraction of sp³-hybridized carbons (Fsp3) is 0.400. The van der Waals surface area contributed by atoms with E-state index in [1.165, 1.54) is 0 Å². The standard InChI is InChI=1S/C15H19N5O4S/c1-24-11-5-3-10(4-6-11)17-15(21)12-7-8-13-18-19-14(20(12)13)9-16-25(2,22)23/h3-6,12H,7-9H2,1-2H3,(H2-,16,17,21,22,23). The minimum Gasteiger partial charge on any atom is -0.598 e. The summed E-state index contributed by atoms with van der Waals surface area (Å²) in [6.45, 7) is -0.00184. The Kier molecular flexibility index (Phi) is 4.84. The van der Waals surface area contributed by atoms with Gasteiger partial charge in [-0.15, -0.1) is 14.9 Å². The van der Waals surface area contributed by atoms with E-state index < -0.39 is 16.4 Å². The molecule has 1 amide bonds. The van der Waals surface area contributed by atoms with Crippen LogP contribution >= 0.6 is 0 Å². The number of sulfonamides is 1. The van der Waals surface area contributed by atoms with Crippen LogP contribution in [-0.4, -0.2) is 38.6 Å². The van der Waals surface area contributed by atoms with Crippen molar-refractivity contribution in [2.24, 2.45) is 0 Å². The first kappa shape index (κ1) is 17.5. The number of nitrogens with zero attached hydrogens (tertiary/aromatic N) is 3. The van der Waals surface area contributed by atoms with Gasteiger partial charge < -0.3 is 19.2 Å². The number of hydrogen-bond donors (Lipinski definition) is 2. The van der Waals surface area contributed by atoms with Crippen LogP contribution in [0.1, 0.15) is 24.1 Å². The highest BCUT2D eigenvalue weighted by Gasteiger charge is 2.32. The maximum Gasteiger partial charge on any atom is 0.247 e. The summed E-state index contributed by atoms with van der Waals surface area (Å²) < 4.78 is 31.7. The predicted octanol–water partition coefficient (Wildman–Crippen LogP) is 0.677. The first-order chi connectivity index (χ1) is 11.9. The summed E-state index contributed by atoms with van der Waals surface area (Å²) in [4.78, 5) is 12.6. The van der Waals surface area contributed by atoms with Crippen molar-refractivity contribution in [3.8, 4) is 5.75 Å². The van der Waals surface area contributed by atoms with Crippen LogP contribution in [0.3, 0.4) is 0 Å². The number of nitrogens with one attached hydrogen (secondary N) is 2. The monoisotopic (exact) mass is 365 g/mol. The van der Waals surface area contributed by atoms with Crippen LogP contribution in [-0.2, 0) is 32.4 Å². The van der Waals surface area contributed by atoms with Gasteiger partial charge in [-0.3, -0.25) is 4.79 Å². The summed E-state index contributed by atoms with van der Waals surface area (Å²) >= 11 is 0. The van der Waals surface area contributed by atoms with Crippen LogP contribution < -0.4 is 14.8 Å². The molecule has 2 aromatic rings. The molecule has 10 heteroatoms. The number of benzene rings is 1. The molecule has 1 aromatic heterocycles. The number of amides is 1. The van der Waals surface area contributed by atoms with Crippen molar-refractivity contribution in [1.82, 2.24) is 19.5 Å². The normalized spacial score (nSPS) is 18.4. The van der Waals surface area contributed by atoms with Gasteiger partial charge in [0.25, 0.3) is 0 Å². The molecule has 2 unspecified atom stereocenters. The maximum atomic E-state index is 12.6. The topological polar surface area (TPSA) is 121 Å². The molecular weight excluding hydrogens is 346 g/mol. The zero-order valence-corrected chi connectivity index (χ0v) is 14.7. The van der Waals surface area contributed by atoms with Gasteiger partial charge in [0.1, 0.15) is 40.8 Å². The molecule has 2 N–H and O–H groups in total. The highest BCUT2D eigenvalue weighted by molar-refractivity contribution is 7.95. The third-order valence-electron chi connectivity index (χ3n) is 3.94. The SMILES string of the molecule is COc1ccc(NC(=O)C2CCc3nnc(CN[S+](C)(=O)[O-])n32)cc1. The average molecular weight is 365 g/mol. The van der Waals surface area contributed by atoms with Crippen LogP contribution in [0.5, 0.6) is 5.75 Å². The van der Waals surface area contributed by atoms with Gasteiger partial charge in [0.15, 0.2) is 5.82 Å². The first-order valence-corrected chi connectivity index (χ1v) is 9.59. The molecule has 1 aliphatic rings. The number of aromatic nitrogens is 3. The van der Waals surface area contributed by atoms with Crippen LogP contribution in [0.25, 0.3) is 0 Å². The highest BCUT2D eigenvalue weighted by atomic mass is 32.3. The van der Waals surface area contributed by atoms with Crippen molar-refractivity contribution in [3.63, 3.8) is 0 Å². The van der Waals surface area contributed by atoms with Crippen molar-refractivity contribution in [2.45, 2.75) is 25.4 Å². The molecule has 3 rings (SSSR count). The molecule has 0 radical (unpaired) electrons. The van der Waals surface area contributed by atoms with E-state index >= 15 is 0 Å². The van der Waals surface area contributed by atoms with Crippen LogP contribution in [0.4, 0.5) is 5.69 Å². The van der Waals surface area contributed by atoms with Crippen molar-refractivity contribution in [1.29, 1.82) is 0 Å². The molecule has 2 heterocycles. The van der Waals surface area contributed by atoms with Gasteiger partial charge in [0, 0.05) is 12.1 Å². The zero-order chi connectivity index (χ0) is 18.0. The van der Waals surface area contributed by atoms with Crippen molar-refractivity contribution < 1.29 is 18.3 Å². The lowest BCUT2D eigenvalue weighted by Crippen LogP contribution is -2.31. The van der Waals surface area contributed by atoms with Crippen LogP contribution in [0.15, 0.2) is 24.3 Å². The predicted molar refractivity (Wildman–Crippen MR) is 90.6 cm³/mol.